The van der Waals surface area contributed by atoms with Crippen molar-refractivity contribution >= 4 is 15.5 Å². The van der Waals surface area contributed by atoms with Crippen LogP contribution in [0.25, 0.3) is 0 Å². The molecule has 0 aromatic rings. The summed E-state index contributed by atoms with van der Waals surface area (Å²) >= 11 is 0. The molecule has 5 heteroatoms. The Balaban J connectivity index is 3.99. The zero-order valence-electron chi connectivity index (χ0n) is 12.8. The zero-order chi connectivity index (χ0) is 14.7. The van der Waals surface area contributed by atoms with E-state index in [1.54, 1.807) is 6.92 Å². The van der Waals surface area contributed by atoms with Gasteiger partial charge in [-0.15, -0.1) is 0 Å². The number of carbonyl (C=O) groups is 1. The first kappa shape index (κ1) is 18.3. The summed E-state index contributed by atoms with van der Waals surface area (Å²) in [6.45, 7) is 13.1. The average Bonchev–Trinajstić information content (AvgIpc) is 2.38. The molecule has 112 valence electrons. The molecule has 0 bridgehead atoms. The standard InChI is InChI=1S/C14H28O4Si/c1-6-14(17-7-2,18-8-3)19-11-9-10-16-13(15)12(4)5/h4,6-11,19H2,1-3,5H3. The number of hydrogen-bond donors (Lipinski definition) is 0. The van der Waals surface area contributed by atoms with Gasteiger partial charge in [0.05, 0.1) is 16.1 Å². The van der Waals surface area contributed by atoms with Gasteiger partial charge in [-0.3, -0.25) is 0 Å². The van der Waals surface area contributed by atoms with Gasteiger partial charge in [-0.1, -0.05) is 19.5 Å². The van der Waals surface area contributed by atoms with E-state index in [0.29, 0.717) is 25.4 Å². The number of rotatable bonds is 11. The molecule has 0 rings (SSSR count). The minimum Gasteiger partial charge on any atom is -0.462 e. The summed E-state index contributed by atoms with van der Waals surface area (Å²) < 4.78 is 16.7. The predicted octanol–water partition coefficient (Wildman–Crippen LogP) is 2.22. The van der Waals surface area contributed by atoms with Gasteiger partial charge in [0, 0.05) is 18.8 Å². The van der Waals surface area contributed by atoms with Gasteiger partial charge in [0.25, 0.3) is 0 Å². The second kappa shape index (κ2) is 10.2. The minimum atomic E-state index is -0.526. The van der Waals surface area contributed by atoms with Gasteiger partial charge in [-0.25, -0.2) is 4.79 Å². The molecule has 0 radical (unpaired) electrons. The first-order chi connectivity index (χ1) is 9.01. The topological polar surface area (TPSA) is 44.8 Å². The Morgan fingerprint density at radius 1 is 1.21 bits per heavy atom. The van der Waals surface area contributed by atoms with Crippen molar-refractivity contribution < 1.29 is 19.0 Å². The highest BCUT2D eigenvalue weighted by molar-refractivity contribution is 6.38. The Bertz CT molecular complexity index is 273. The second-order valence-electron chi connectivity index (χ2n) is 4.50. The zero-order valence-corrected chi connectivity index (χ0v) is 14.2. The van der Waals surface area contributed by atoms with Crippen LogP contribution >= 0.6 is 0 Å². The summed E-state index contributed by atoms with van der Waals surface area (Å²) in [6, 6.07) is 1.04. The summed E-state index contributed by atoms with van der Waals surface area (Å²) in [5.74, 6) is -0.307. The normalized spacial score (nSPS) is 12.0. The molecule has 0 N–H and O–H groups in total. The lowest BCUT2D eigenvalue weighted by Gasteiger charge is -2.32. The predicted molar refractivity (Wildman–Crippen MR) is 80.0 cm³/mol. The molecular weight excluding hydrogens is 260 g/mol. The molecule has 0 heterocycles. The molecule has 0 spiro atoms. The van der Waals surface area contributed by atoms with Crippen molar-refractivity contribution in [3.05, 3.63) is 12.2 Å². The third-order valence-corrected chi connectivity index (χ3v) is 5.41. The van der Waals surface area contributed by atoms with Crippen molar-refractivity contribution in [3.63, 3.8) is 0 Å². The van der Waals surface area contributed by atoms with E-state index in [1.807, 2.05) is 13.8 Å². The lowest BCUT2D eigenvalue weighted by molar-refractivity contribution is -0.177. The number of ether oxygens (including phenoxy) is 3. The van der Waals surface area contributed by atoms with Crippen molar-refractivity contribution in [2.24, 2.45) is 0 Å². The lowest BCUT2D eigenvalue weighted by Crippen LogP contribution is -2.42. The molecule has 0 aromatic heterocycles. The van der Waals surface area contributed by atoms with Gasteiger partial charge < -0.3 is 14.2 Å². The minimum absolute atomic E-state index is 0.307. The Morgan fingerprint density at radius 2 is 1.79 bits per heavy atom. The molecule has 0 atom stereocenters. The van der Waals surface area contributed by atoms with Crippen LogP contribution in [0.1, 0.15) is 40.5 Å². The fourth-order valence-corrected chi connectivity index (χ4v) is 3.92. The highest BCUT2D eigenvalue weighted by Gasteiger charge is 2.28. The molecule has 0 aliphatic carbocycles. The van der Waals surface area contributed by atoms with Gasteiger partial charge in [0.2, 0.25) is 0 Å². The summed E-state index contributed by atoms with van der Waals surface area (Å²) in [5.41, 5.74) is 0.103. The Kier molecular flexibility index (Phi) is 9.82. The van der Waals surface area contributed by atoms with E-state index < -0.39 is 9.52 Å². The van der Waals surface area contributed by atoms with Crippen molar-refractivity contribution in [1.82, 2.24) is 0 Å². The molecule has 19 heavy (non-hydrogen) atoms. The fourth-order valence-electron chi connectivity index (χ4n) is 1.88. The SMILES string of the molecule is C=C(C)C(=O)OCCC[SiH2]C(CC)(OCC)OCC. The lowest BCUT2D eigenvalue weighted by atomic mass is 10.4. The monoisotopic (exact) mass is 288 g/mol. The van der Waals surface area contributed by atoms with Crippen molar-refractivity contribution in [2.45, 2.75) is 52.0 Å². The van der Waals surface area contributed by atoms with Crippen LogP contribution in [-0.2, 0) is 19.0 Å². The molecule has 0 amide bonds. The van der Waals surface area contributed by atoms with E-state index in [-0.39, 0.29) is 11.4 Å². The van der Waals surface area contributed by atoms with E-state index in [0.717, 1.165) is 18.9 Å². The maximum Gasteiger partial charge on any atom is 0.333 e. The van der Waals surface area contributed by atoms with Gasteiger partial charge in [-0.2, -0.15) is 0 Å². The first-order valence-electron chi connectivity index (χ1n) is 7.11. The van der Waals surface area contributed by atoms with Crippen molar-refractivity contribution in [1.29, 1.82) is 0 Å². The van der Waals surface area contributed by atoms with E-state index in [2.05, 4.69) is 13.5 Å². The summed E-state index contributed by atoms with van der Waals surface area (Å²) in [7, 11) is -0.526. The van der Waals surface area contributed by atoms with Gasteiger partial charge in [0.15, 0.2) is 0 Å². The molecular formula is C14H28O4Si. The molecule has 0 saturated carbocycles. The summed E-state index contributed by atoms with van der Waals surface area (Å²) in [6.07, 6.45) is 1.75. The highest BCUT2D eigenvalue weighted by atomic mass is 28.2. The number of hydrogen-bond acceptors (Lipinski definition) is 4. The number of esters is 1. The van der Waals surface area contributed by atoms with Crippen LogP contribution in [-0.4, -0.2) is 40.7 Å². The molecule has 4 nitrogen and oxygen atoms in total. The maximum atomic E-state index is 11.2. The van der Waals surface area contributed by atoms with Crippen LogP contribution in [0.4, 0.5) is 0 Å². The maximum absolute atomic E-state index is 11.2. The summed E-state index contributed by atoms with van der Waals surface area (Å²) in [5, 5.41) is 0. The molecule has 0 aromatic carbocycles. The summed E-state index contributed by atoms with van der Waals surface area (Å²) in [4.78, 5) is 11.2. The van der Waals surface area contributed by atoms with Crippen LogP contribution in [0.2, 0.25) is 6.04 Å². The quantitative estimate of drug-likeness (QED) is 0.192. The molecule has 0 unspecified atom stereocenters. The molecule has 0 aliphatic rings. The van der Waals surface area contributed by atoms with Gasteiger partial charge in [-0.05, 0) is 33.6 Å². The third kappa shape index (κ3) is 7.50. The fraction of sp³-hybridized carbons (Fsp3) is 0.786. The van der Waals surface area contributed by atoms with Crippen LogP contribution < -0.4 is 0 Å². The van der Waals surface area contributed by atoms with E-state index in [1.165, 1.54) is 0 Å². The van der Waals surface area contributed by atoms with Crippen LogP contribution in [0.5, 0.6) is 0 Å². The largest absolute Gasteiger partial charge is 0.462 e. The van der Waals surface area contributed by atoms with Crippen molar-refractivity contribution in [2.75, 3.05) is 19.8 Å². The van der Waals surface area contributed by atoms with Crippen LogP contribution in [0.15, 0.2) is 12.2 Å². The Hall–Kier alpha value is -0.653. The molecule has 0 fully saturated rings. The molecule has 0 saturated heterocycles. The smallest absolute Gasteiger partial charge is 0.333 e. The van der Waals surface area contributed by atoms with E-state index in [4.69, 9.17) is 14.2 Å². The van der Waals surface area contributed by atoms with Crippen LogP contribution in [0.3, 0.4) is 0 Å². The second-order valence-corrected chi connectivity index (χ2v) is 6.79. The Labute approximate surface area is 119 Å². The van der Waals surface area contributed by atoms with Crippen LogP contribution in [0, 0.1) is 0 Å². The van der Waals surface area contributed by atoms with E-state index >= 15 is 0 Å². The van der Waals surface area contributed by atoms with E-state index in [9.17, 15) is 4.79 Å². The van der Waals surface area contributed by atoms with Crippen molar-refractivity contribution in [3.8, 4) is 0 Å². The molecule has 0 aliphatic heterocycles. The first-order valence-corrected chi connectivity index (χ1v) is 8.82. The Morgan fingerprint density at radius 3 is 2.21 bits per heavy atom. The average molecular weight is 288 g/mol. The highest BCUT2D eigenvalue weighted by Crippen LogP contribution is 2.18. The number of carbonyl (C=O) groups excluding carboxylic acids is 1. The third-order valence-electron chi connectivity index (χ3n) is 2.89. The van der Waals surface area contributed by atoms with Gasteiger partial charge in [0.1, 0.15) is 5.41 Å². The van der Waals surface area contributed by atoms with Gasteiger partial charge >= 0.3 is 5.97 Å².